The van der Waals surface area contributed by atoms with E-state index in [0.29, 0.717) is 17.6 Å². The first-order chi connectivity index (χ1) is 8.58. The third-order valence-corrected chi connectivity index (χ3v) is 3.89. The van der Waals surface area contributed by atoms with Gasteiger partial charge in [0, 0.05) is 15.6 Å². The summed E-state index contributed by atoms with van der Waals surface area (Å²) >= 11 is 6.66. The van der Waals surface area contributed by atoms with E-state index < -0.39 is 11.6 Å². The predicted molar refractivity (Wildman–Crippen MR) is 77.8 cm³/mol. The lowest BCUT2D eigenvalue weighted by molar-refractivity contribution is -0.112. The van der Waals surface area contributed by atoms with Gasteiger partial charge in [0.05, 0.1) is 0 Å². The van der Waals surface area contributed by atoms with E-state index in [1.165, 1.54) is 0 Å². The first-order valence-corrected chi connectivity index (χ1v) is 7.06. The maximum Gasteiger partial charge on any atom is 0.233 e. The van der Waals surface area contributed by atoms with Gasteiger partial charge in [-0.15, -0.1) is 0 Å². The minimum absolute atomic E-state index is 0.409. The minimum atomic E-state index is -0.444. The molecule has 1 aromatic carbocycles. The number of allylic oxidation sites excluding steroid dienone is 4. The molecule has 0 saturated heterocycles. The summed E-state index contributed by atoms with van der Waals surface area (Å²) in [4.78, 5) is 24.0. The van der Waals surface area contributed by atoms with E-state index in [1.807, 2.05) is 6.08 Å². The van der Waals surface area contributed by atoms with E-state index in [-0.39, 0.29) is 0 Å². The van der Waals surface area contributed by atoms with Crippen molar-refractivity contribution in [3.05, 3.63) is 56.5 Å². The molecule has 2 nitrogen and oxygen atoms in total. The predicted octanol–water partition coefficient (Wildman–Crippen LogP) is 4.20. The van der Waals surface area contributed by atoms with Crippen LogP contribution in [-0.2, 0) is 4.79 Å². The smallest absolute Gasteiger partial charge is 0.233 e. The van der Waals surface area contributed by atoms with Crippen LogP contribution in [0, 0.1) is 0 Å². The lowest BCUT2D eigenvalue weighted by Gasteiger charge is -2.09. The number of hydrogen-bond acceptors (Lipinski definition) is 2. The van der Waals surface area contributed by atoms with Gasteiger partial charge in [-0.2, -0.15) is 0 Å². The summed E-state index contributed by atoms with van der Waals surface area (Å²) in [7, 11) is 0. The van der Waals surface area contributed by atoms with Gasteiger partial charge in [0.15, 0.2) is 0 Å². The van der Waals surface area contributed by atoms with Crippen LogP contribution < -0.4 is 0 Å². The van der Waals surface area contributed by atoms with Crippen LogP contribution in [0.2, 0.25) is 0 Å². The molecule has 2 rings (SSSR count). The molecule has 1 aliphatic rings. The monoisotopic (exact) mass is 368 g/mol. The van der Waals surface area contributed by atoms with Crippen molar-refractivity contribution in [1.82, 2.24) is 0 Å². The Morgan fingerprint density at radius 3 is 2.11 bits per heavy atom. The molecule has 1 aliphatic carbocycles. The van der Waals surface area contributed by atoms with E-state index in [0.717, 1.165) is 15.4 Å². The second-order valence-corrected chi connectivity index (χ2v) is 5.90. The van der Waals surface area contributed by atoms with Crippen LogP contribution in [0.4, 0.5) is 0 Å². The minimum Gasteiger partial charge on any atom is -0.285 e. The second kappa shape index (κ2) is 5.76. The molecule has 0 fully saturated rings. The molecule has 0 amide bonds. The third kappa shape index (κ3) is 3.06. The number of ketones is 2. The first-order valence-electron chi connectivity index (χ1n) is 5.48. The highest BCUT2D eigenvalue weighted by Crippen LogP contribution is 2.24. The molecule has 0 atom stereocenters. The molecule has 18 heavy (non-hydrogen) atoms. The van der Waals surface area contributed by atoms with Gasteiger partial charge in [-0.1, -0.05) is 44.0 Å². The fourth-order valence-electron chi connectivity index (χ4n) is 1.68. The first kappa shape index (κ1) is 13.4. The van der Waals surface area contributed by atoms with E-state index in [9.17, 15) is 9.59 Å². The normalized spacial score (nSPS) is 14.8. The number of benzene rings is 1. The number of rotatable bonds is 3. The van der Waals surface area contributed by atoms with Crippen molar-refractivity contribution in [1.29, 1.82) is 0 Å². The summed E-state index contributed by atoms with van der Waals surface area (Å²) in [5.74, 6) is -0.853. The summed E-state index contributed by atoms with van der Waals surface area (Å²) < 4.78 is 1.94. The Bertz CT molecular complexity index is 554. The number of carbonyl (C=O) groups is 2. The van der Waals surface area contributed by atoms with Crippen molar-refractivity contribution in [3.63, 3.8) is 0 Å². The Balaban J connectivity index is 2.19. The van der Waals surface area contributed by atoms with Crippen LogP contribution in [0.25, 0.3) is 0 Å². The van der Waals surface area contributed by atoms with E-state index in [4.69, 9.17) is 0 Å². The maximum absolute atomic E-state index is 12.0. The maximum atomic E-state index is 12.0. The van der Waals surface area contributed by atoms with Crippen LogP contribution in [-0.4, -0.2) is 11.6 Å². The highest BCUT2D eigenvalue weighted by molar-refractivity contribution is 9.11. The standard InChI is InChI=1S/C14H10Br2O2/c15-11-5-1-9(2-6-11)13(17)14(18)10-3-7-12(16)8-4-10/h1-3,5-7H,4,8H2. The van der Waals surface area contributed by atoms with Gasteiger partial charge in [-0.3, -0.25) is 9.59 Å². The van der Waals surface area contributed by atoms with Gasteiger partial charge < -0.3 is 0 Å². The number of hydrogen-bond donors (Lipinski definition) is 0. The van der Waals surface area contributed by atoms with Gasteiger partial charge in [0.1, 0.15) is 0 Å². The average molecular weight is 370 g/mol. The van der Waals surface area contributed by atoms with E-state index in [2.05, 4.69) is 31.9 Å². The van der Waals surface area contributed by atoms with Gasteiger partial charge in [-0.05, 0) is 41.6 Å². The molecule has 0 heterocycles. The quantitative estimate of drug-likeness (QED) is 0.591. The Morgan fingerprint density at radius 1 is 0.889 bits per heavy atom. The second-order valence-electron chi connectivity index (χ2n) is 3.97. The van der Waals surface area contributed by atoms with Crippen LogP contribution in [0.15, 0.2) is 50.9 Å². The van der Waals surface area contributed by atoms with E-state index >= 15 is 0 Å². The highest BCUT2D eigenvalue weighted by atomic mass is 79.9. The summed E-state index contributed by atoms with van der Waals surface area (Å²) in [6, 6.07) is 6.82. The molecular formula is C14H10Br2O2. The molecule has 0 bridgehead atoms. The topological polar surface area (TPSA) is 34.1 Å². The lowest BCUT2D eigenvalue weighted by Crippen LogP contribution is -2.17. The summed E-state index contributed by atoms with van der Waals surface area (Å²) in [5.41, 5.74) is 1.00. The fourth-order valence-corrected chi connectivity index (χ4v) is 2.27. The molecule has 1 aromatic rings. The Kier molecular flexibility index (Phi) is 4.30. The Labute approximate surface area is 122 Å². The summed E-state index contributed by atoms with van der Waals surface area (Å²) in [6.45, 7) is 0. The van der Waals surface area contributed by atoms with Crippen LogP contribution in [0.5, 0.6) is 0 Å². The van der Waals surface area contributed by atoms with Crippen molar-refractivity contribution in [3.8, 4) is 0 Å². The largest absolute Gasteiger partial charge is 0.285 e. The Morgan fingerprint density at radius 2 is 1.56 bits per heavy atom. The molecule has 0 unspecified atom stereocenters. The summed E-state index contributed by atoms with van der Waals surface area (Å²) in [6.07, 6.45) is 4.92. The molecule has 0 aliphatic heterocycles. The zero-order valence-corrected chi connectivity index (χ0v) is 12.6. The fraction of sp³-hybridized carbons (Fsp3) is 0.143. The molecule has 0 spiro atoms. The van der Waals surface area contributed by atoms with Gasteiger partial charge >= 0.3 is 0 Å². The zero-order chi connectivity index (χ0) is 13.1. The SMILES string of the molecule is O=C(C(=O)c1ccc(Br)cc1)C1=CC=C(Br)CC1. The molecule has 0 saturated carbocycles. The van der Waals surface area contributed by atoms with E-state index in [1.54, 1.807) is 30.3 Å². The van der Waals surface area contributed by atoms with Gasteiger partial charge in [-0.25, -0.2) is 0 Å². The van der Waals surface area contributed by atoms with Crippen molar-refractivity contribution < 1.29 is 9.59 Å². The number of Topliss-reactive ketones (excluding diaryl/α,β-unsaturated/α-hetero) is 2. The van der Waals surface area contributed by atoms with Crippen molar-refractivity contribution in [2.24, 2.45) is 0 Å². The molecule has 0 radical (unpaired) electrons. The molecular weight excluding hydrogens is 360 g/mol. The number of halogens is 2. The third-order valence-electron chi connectivity index (χ3n) is 2.70. The molecule has 0 N–H and O–H groups in total. The number of carbonyl (C=O) groups excluding carboxylic acids is 2. The highest BCUT2D eigenvalue weighted by Gasteiger charge is 2.21. The lowest BCUT2D eigenvalue weighted by atomic mass is 9.96. The average Bonchev–Trinajstić information content (AvgIpc) is 2.39. The van der Waals surface area contributed by atoms with Crippen molar-refractivity contribution in [2.75, 3.05) is 0 Å². The molecule has 0 aromatic heterocycles. The van der Waals surface area contributed by atoms with Crippen LogP contribution >= 0.6 is 31.9 Å². The molecule has 4 heteroatoms. The molecule has 92 valence electrons. The van der Waals surface area contributed by atoms with Gasteiger partial charge in [0.25, 0.3) is 0 Å². The zero-order valence-electron chi connectivity index (χ0n) is 9.45. The summed E-state index contributed by atoms with van der Waals surface area (Å²) in [5, 5.41) is 0. The van der Waals surface area contributed by atoms with Crippen LogP contribution in [0.3, 0.4) is 0 Å². The van der Waals surface area contributed by atoms with Crippen LogP contribution in [0.1, 0.15) is 23.2 Å². The Hall–Kier alpha value is -1.00. The van der Waals surface area contributed by atoms with Crippen molar-refractivity contribution >= 4 is 43.4 Å². The van der Waals surface area contributed by atoms with Crippen molar-refractivity contribution in [2.45, 2.75) is 12.8 Å². The van der Waals surface area contributed by atoms with Gasteiger partial charge in [0.2, 0.25) is 11.6 Å².